The molecule has 0 amide bonds. The normalized spacial score (nSPS) is 10.6. The van der Waals surface area contributed by atoms with Crippen LogP contribution in [0.2, 0.25) is 0 Å². The summed E-state index contributed by atoms with van der Waals surface area (Å²) in [7, 11) is 0. The minimum Gasteiger partial charge on any atom is -0.293 e. The summed E-state index contributed by atoms with van der Waals surface area (Å²) >= 11 is 0. The fraction of sp³-hybridized carbons (Fsp3) is 0.385. The summed E-state index contributed by atoms with van der Waals surface area (Å²) in [5, 5.41) is 4.42. The van der Waals surface area contributed by atoms with Gasteiger partial charge in [0.15, 0.2) is 11.6 Å². The number of hydrogen-bond donors (Lipinski definition) is 0. The van der Waals surface area contributed by atoms with Crippen molar-refractivity contribution in [2.75, 3.05) is 0 Å². The van der Waals surface area contributed by atoms with E-state index in [2.05, 4.69) is 15.1 Å². The Labute approximate surface area is 106 Å². The molecule has 0 aliphatic carbocycles. The van der Waals surface area contributed by atoms with Crippen molar-refractivity contribution < 1.29 is 4.79 Å². The fourth-order valence-electron chi connectivity index (χ4n) is 1.70. The Morgan fingerprint density at radius 1 is 1.28 bits per heavy atom. The van der Waals surface area contributed by atoms with Crippen molar-refractivity contribution in [3.8, 4) is 5.69 Å². The van der Waals surface area contributed by atoms with Gasteiger partial charge in [-0.3, -0.25) is 9.78 Å². The molecule has 0 spiro atoms. The summed E-state index contributed by atoms with van der Waals surface area (Å²) in [6, 6.07) is 3.56. The van der Waals surface area contributed by atoms with Crippen molar-refractivity contribution >= 4 is 5.78 Å². The van der Waals surface area contributed by atoms with Crippen LogP contribution in [0.4, 0.5) is 0 Å². The molecular formula is C13H16N4O. The summed E-state index contributed by atoms with van der Waals surface area (Å²) in [6.45, 7) is 5.57. The second kappa shape index (κ2) is 5.08. The van der Waals surface area contributed by atoms with Gasteiger partial charge in [0.1, 0.15) is 11.5 Å². The number of hydrogen-bond acceptors (Lipinski definition) is 4. The van der Waals surface area contributed by atoms with Crippen molar-refractivity contribution in [1.82, 2.24) is 19.7 Å². The highest BCUT2D eigenvalue weighted by Gasteiger charge is 2.09. The first-order chi connectivity index (χ1) is 8.65. The molecule has 0 unspecified atom stereocenters. The highest BCUT2D eigenvalue weighted by molar-refractivity contribution is 5.92. The Bertz CT molecular complexity index is 557. The van der Waals surface area contributed by atoms with Crippen LogP contribution >= 0.6 is 0 Å². The van der Waals surface area contributed by atoms with E-state index in [1.807, 2.05) is 19.9 Å². The van der Waals surface area contributed by atoms with Gasteiger partial charge in [-0.25, -0.2) is 9.67 Å². The van der Waals surface area contributed by atoms with Gasteiger partial charge in [-0.15, -0.1) is 0 Å². The predicted octanol–water partition coefficient (Wildman–Crippen LogP) is 1.99. The SMILES string of the molecule is CCc1nc(CC)n(-c2ccc(C(C)=O)nc2)n1. The topological polar surface area (TPSA) is 60.7 Å². The molecule has 0 saturated carbocycles. The zero-order chi connectivity index (χ0) is 13.1. The maximum Gasteiger partial charge on any atom is 0.178 e. The number of aryl methyl sites for hydroxylation is 2. The van der Waals surface area contributed by atoms with Gasteiger partial charge in [0.2, 0.25) is 0 Å². The number of rotatable bonds is 4. The number of Topliss-reactive ketones (excluding diaryl/α,β-unsaturated/α-hetero) is 1. The van der Waals surface area contributed by atoms with E-state index < -0.39 is 0 Å². The second-order valence-electron chi connectivity index (χ2n) is 4.02. The quantitative estimate of drug-likeness (QED) is 0.772. The predicted molar refractivity (Wildman–Crippen MR) is 67.9 cm³/mol. The molecular weight excluding hydrogens is 228 g/mol. The van der Waals surface area contributed by atoms with E-state index in [9.17, 15) is 4.79 Å². The zero-order valence-electron chi connectivity index (χ0n) is 10.8. The lowest BCUT2D eigenvalue weighted by Gasteiger charge is -2.04. The van der Waals surface area contributed by atoms with Crippen LogP contribution < -0.4 is 0 Å². The molecule has 2 heterocycles. The molecule has 2 aromatic heterocycles. The van der Waals surface area contributed by atoms with Gasteiger partial charge in [-0.2, -0.15) is 5.10 Å². The number of ketones is 1. The molecule has 0 atom stereocenters. The van der Waals surface area contributed by atoms with Gasteiger partial charge in [-0.05, 0) is 12.1 Å². The minimum absolute atomic E-state index is 0.0369. The van der Waals surface area contributed by atoms with Crippen molar-refractivity contribution in [1.29, 1.82) is 0 Å². The van der Waals surface area contributed by atoms with Gasteiger partial charge in [0, 0.05) is 19.8 Å². The maximum absolute atomic E-state index is 11.2. The molecule has 0 radical (unpaired) electrons. The Morgan fingerprint density at radius 2 is 2.06 bits per heavy atom. The molecule has 94 valence electrons. The number of carbonyl (C=O) groups excluding carboxylic acids is 1. The molecule has 0 saturated heterocycles. The van der Waals surface area contributed by atoms with Gasteiger partial charge in [0.25, 0.3) is 0 Å². The number of carbonyl (C=O) groups is 1. The van der Waals surface area contributed by atoms with E-state index >= 15 is 0 Å². The molecule has 2 aromatic rings. The number of pyridine rings is 1. The number of aromatic nitrogens is 4. The van der Waals surface area contributed by atoms with E-state index in [0.29, 0.717) is 5.69 Å². The van der Waals surface area contributed by atoms with Crippen molar-refractivity contribution in [3.05, 3.63) is 35.7 Å². The molecule has 0 fully saturated rings. The summed E-state index contributed by atoms with van der Waals surface area (Å²) in [4.78, 5) is 19.7. The molecule has 18 heavy (non-hydrogen) atoms. The third-order valence-corrected chi connectivity index (χ3v) is 2.70. The summed E-state index contributed by atoms with van der Waals surface area (Å²) in [6.07, 6.45) is 3.27. The maximum atomic E-state index is 11.2. The average molecular weight is 244 g/mol. The molecule has 0 N–H and O–H groups in total. The lowest BCUT2D eigenvalue weighted by Crippen LogP contribution is -2.04. The van der Waals surface area contributed by atoms with Crippen molar-refractivity contribution in [2.24, 2.45) is 0 Å². The lowest BCUT2D eigenvalue weighted by atomic mass is 10.2. The van der Waals surface area contributed by atoms with Crippen LogP contribution in [-0.2, 0) is 12.8 Å². The molecule has 0 aromatic carbocycles. The third kappa shape index (κ3) is 2.30. The fourth-order valence-corrected chi connectivity index (χ4v) is 1.70. The molecule has 0 aliphatic rings. The first-order valence-electron chi connectivity index (χ1n) is 6.07. The van der Waals surface area contributed by atoms with Gasteiger partial charge >= 0.3 is 0 Å². The Hall–Kier alpha value is -2.04. The second-order valence-corrected chi connectivity index (χ2v) is 4.02. The molecule has 5 heteroatoms. The third-order valence-electron chi connectivity index (χ3n) is 2.70. The first-order valence-corrected chi connectivity index (χ1v) is 6.07. The zero-order valence-corrected chi connectivity index (χ0v) is 10.8. The van der Waals surface area contributed by atoms with Crippen LogP contribution in [-0.4, -0.2) is 25.5 Å². The first kappa shape index (κ1) is 12.4. The van der Waals surface area contributed by atoms with Crippen LogP contribution in [0.15, 0.2) is 18.3 Å². The van der Waals surface area contributed by atoms with E-state index in [-0.39, 0.29) is 5.78 Å². The van der Waals surface area contributed by atoms with Crippen LogP contribution in [0.3, 0.4) is 0 Å². The van der Waals surface area contributed by atoms with Crippen LogP contribution in [0.1, 0.15) is 42.9 Å². The largest absolute Gasteiger partial charge is 0.293 e. The molecule has 0 bridgehead atoms. The minimum atomic E-state index is -0.0369. The van der Waals surface area contributed by atoms with Crippen LogP contribution in [0.5, 0.6) is 0 Å². The highest BCUT2D eigenvalue weighted by atomic mass is 16.1. The summed E-state index contributed by atoms with van der Waals surface area (Å²) in [5.41, 5.74) is 1.30. The van der Waals surface area contributed by atoms with E-state index in [1.54, 1.807) is 16.9 Å². The summed E-state index contributed by atoms with van der Waals surface area (Å²) in [5.74, 6) is 1.69. The van der Waals surface area contributed by atoms with Gasteiger partial charge in [-0.1, -0.05) is 13.8 Å². The highest BCUT2D eigenvalue weighted by Crippen LogP contribution is 2.11. The Morgan fingerprint density at radius 3 is 2.56 bits per heavy atom. The van der Waals surface area contributed by atoms with Crippen LogP contribution in [0, 0.1) is 0 Å². The standard InChI is InChI=1S/C13H16N4O/c1-4-12-15-13(5-2)17(16-12)10-6-7-11(9(3)18)14-8-10/h6-8H,4-5H2,1-3H3. The average Bonchev–Trinajstić information content (AvgIpc) is 2.82. The summed E-state index contributed by atoms with van der Waals surface area (Å²) < 4.78 is 1.79. The van der Waals surface area contributed by atoms with Gasteiger partial charge < -0.3 is 0 Å². The molecule has 0 aliphatic heterocycles. The van der Waals surface area contributed by atoms with Crippen molar-refractivity contribution in [3.63, 3.8) is 0 Å². The number of nitrogens with zero attached hydrogens (tertiary/aromatic N) is 4. The van der Waals surface area contributed by atoms with Crippen molar-refractivity contribution in [2.45, 2.75) is 33.6 Å². The van der Waals surface area contributed by atoms with Crippen LogP contribution in [0.25, 0.3) is 5.69 Å². The Kier molecular flexibility index (Phi) is 3.50. The van der Waals surface area contributed by atoms with E-state index in [0.717, 1.165) is 30.2 Å². The molecule has 2 rings (SSSR count). The van der Waals surface area contributed by atoms with E-state index in [1.165, 1.54) is 6.92 Å². The smallest absolute Gasteiger partial charge is 0.178 e. The lowest BCUT2D eigenvalue weighted by molar-refractivity contribution is 0.101. The monoisotopic (exact) mass is 244 g/mol. The van der Waals surface area contributed by atoms with Gasteiger partial charge in [0.05, 0.1) is 11.9 Å². The Balaban J connectivity index is 2.41. The van der Waals surface area contributed by atoms with E-state index in [4.69, 9.17) is 0 Å². The molecule has 5 nitrogen and oxygen atoms in total.